The van der Waals surface area contributed by atoms with Crippen LogP contribution in [0, 0.1) is 5.92 Å². The highest BCUT2D eigenvalue weighted by Crippen LogP contribution is 2.42. The van der Waals surface area contributed by atoms with Gasteiger partial charge in [-0.3, -0.25) is 4.90 Å². The summed E-state index contributed by atoms with van der Waals surface area (Å²) in [7, 11) is 0. The number of aliphatic hydroxyl groups excluding tert-OH is 1. The quantitative estimate of drug-likeness (QED) is 0.916. The highest BCUT2D eigenvalue weighted by atomic mass is 35.5. The summed E-state index contributed by atoms with van der Waals surface area (Å²) < 4.78 is 26.7. The standard InChI is InChI=1S/C16H17ClF2N4O/c17-12-3-4-14-20-16(10-1-2-10)11(23(14)21-12)8-22-7-9(5-13(18)19)6-15(22)24/h3-5,9-10,15,24H,1-2,6-8H2. The van der Waals surface area contributed by atoms with E-state index in [1.807, 2.05) is 6.07 Å². The van der Waals surface area contributed by atoms with E-state index in [9.17, 15) is 13.9 Å². The maximum Gasteiger partial charge on any atom is 0.266 e. The van der Waals surface area contributed by atoms with Crippen molar-refractivity contribution in [3.05, 3.63) is 40.8 Å². The normalized spacial score (nSPS) is 24.7. The molecule has 0 spiro atoms. The average molecular weight is 355 g/mol. The zero-order valence-electron chi connectivity index (χ0n) is 12.9. The second-order valence-corrected chi connectivity index (χ2v) is 6.89. The Bertz CT molecular complexity index is 801. The number of aliphatic hydroxyl groups is 1. The molecule has 8 heteroatoms. The molecule has 0 radical (unpaired) electrons. The topological polar surface area (TPSA) is 53.7 Å². The smallest absolute Gasteiger partial charge is 0.266 e. The van der Waals surface area contributed by atoms with Crippen molar-refractivity contribution in [2.24, 2.45) is 5.92 Å². The van der Waals surface area contributed by atoms with Crippen molar-refractivity contribution in [2.75, 3.05) is 6.54 Å². The van der Waals surface area contributed by atoms with Crippen LogP contribution < -0.4 is 0 Å². The zero-order chi connectivity index (χ0) is 16.8. The second-order valence-electron chi connectivity index (χ2n) is 6.51. The molecule has 5 nitrogen and oxygen atoms in total. The Kier molecular flexibility index (Phi) is 4.02. The molecular formula is C16H17ClF2N4O. The molecule has 2 aromatic heterocycles. The summed E-state index contributed by atoms with van der Waals surface area (Å²) >= 11 is 6.01. The maximum atomic E-state index is 12.5. The third-order valence-electron chi connectivity index (χ3n) is 4.65. The summed E-state index contributed by atoms with van der Waals surface area (Å²) in [5.74, 6) is 0.0734. The number of aromatic nitrogens is 3. The number of imidazole rings is 1. The molecule has 2 fully saturated rings. The fraction of sp³-hybridized carbons (Fsp3) is 0.500. The summed E-state index contributed by atoms with van der Waals surface area (Å²) in [6.45, 7) is 0.802. The van der Waals surface area contributed by atoms with Crippen LogP contribution in [0.4, 0.5) is 8.78 Å². The first-order valence-electron chi connectivity index (χ1n) is 8.00. The van der Waals surface area contributed by atoms with E-state index in [4.69, 9.17) is 11.6 Å². The van der Waals surface area contributed by atoms with Crippen molar-refractivity contribution in [1.29, 1.82) is 0 Å². The first kappa shape index (κ1) is 15.9. The molecule has 1 saturated heterocycles. The lowest BCUT2D eigenvalue weighted by Crippen LogP contribution is -2.29. The van der Waals surface area contributed by atoms with Gasteiger partial charge in [0.1, 0.15) is 11.4 Å². The molecule has 4 rings (SSSR count). The van der Waals surface area contributed by atoms with Gasteiger partial charge in [-0.05, 0) is 43.4 Å². The van der Waals surface area contributed by atoms with Crippen LogP contribution in [0.1, 0.15) is 36.6 Å². The Balaban J connectivity index is 1.65. The van der Waals surface area contributed by atoms with Gasteiger partial charge in [0.2, 0.25) is 0 Å². The van der Waals surface area contributed by atoms with Gasteiger partial charge in [0.25, 0.3) is 6.08 Å². The predicted molar refractivity (Wildman–Crippen MR) is 84.8 cm³/mol. The van der Waals surface area contributed by atoms with Gasteiger partial charge in [-0.1, -0.05) is 11.6 Å². The lowest BCUT2D eigenvalue weighted by atomic mass is 10.1. The van der Waals surface area contributed by atoms with E-state index in [-0.39, 0.29) is 5.92 Å². The third-order valence-corrected chi connectivity index (χ3v) is 4.85. The highest BCUT2D eigenvalue weighted by molar-refractivity contribution is 6.29. The molecule has 24 heavy (non-hydrogen) atoms. The van der Waals surface area contributed by atoms with E-state index in [1.54, 1.807) is 15.5 Å². The Hall–Kier alpha value is -1.57. The highest BCUT2D eigenvalue weighted by Gasteiger charge is 2.35. The number of nitrogens with zero attached hydrogens (tertiary/aromatic N) is 4. The van der Waals surface area contributed by atoms with E-state index in [1.165, 1.54) is 0 Å². The van der Waals surface area contributed by atoms with Gasteiger partial charge in [-0.15, -0.1) is 0 Å². The first-order chi connectivity index (χ1) is 11.5. The first-order valence-corrected chi connectivity index (χ1v) is 8.38. The molecule has 1 aliphatic heterocycles. The van der Waals surface area contributed by atoms with Crippen LogP contribution in [0.5, 0.6) is 0 Å². The lowest BCUT2D eigenvalue weighted by molar-refractivity contribution is 0.0315. The van der Waals surface area contributed by atoms with Crippen LogP contribution in [0.15, 0.2) is 24.3 Å². The second kappa shape index (κ2) is 6.06. The molecular weight excluding hydrogens is 338 g/mol. The van der Waals surface area contributed by atoms with Crippen molar-refractivity contribution < 1.29 is 13.9 Å². The van der Waals surface area contributed by atoms with Gasteiger partial charge in [-0.25, -0.2) is 9.50 Å². The van der Waals surface area contributed by atoms with E-state index < -0.39 is 12.3 Å². The number of hydrogen-bond donors (Lipinski definition) is 1. The number of halogens is 3. The van der Waals surface area contributed by atoms with Crippen LogP contribution in [0.3, 0.4) is 0 Å². The van der Waals surface area contributed by atoms with Crippen molar-refractivity contribution in [2.45, 2.75) is 38.0 Å². The van der Waals surface area contributed by atoms with Gasteiger partial charge < -0.3 is 5.11 Å². The van der Waals surface area contributed by atoms with Gasteiger partial charge in [0, 0.05) is 19.0 Å². The van der Waals surface area contributed by atoms with E-state index in [0.717, 1.165) is 36.0 Å². The molecule has 0 amide bonds. The van der Waals surface area contributed by atoms with Crippen molar-refractivity contribution >= 4 is 17.2 Å². The molecule has 2 atom stereocenters. The minimum Gasteiger partial charge on any atom is -0.378 e. The number of likely N-dealkylation sites (tertiary alicyclic amines) is 1. The van der Waals surface area contributed by atoms with Crippen molar-refractivity contribution in [3.8, 4) is 0 Å². The molecule has 128 valence electrons. The van der Waals surface area contributed by atoms with Crippen LogP contribution in [0.25, 0.3) is 5.65 Å². The molecule has 1 saturated carbocycles. The number of hydrogen-bond acceptors (Lipinski definition) is 4. The molecule has 0 bridgehead atoms. The molecule has 0 aromatic carbocycles. The van der Waals surface area contributed by atoms with Gasteiger partial charge in [0.15, 0.2) is 5.65 Å². The van der Waals surface area contributed by atoms with Crippen LogP contribution >= 0.6 is 11.6 Å². The summed E-state index contributed by atoms with van der Waals surface area (Å²) in [6, 6.07) is 3.51. The van der Waals surface area contributed by atoms with Gasteiger partial charge >= 0.3 is 0 Å². The summed E-state index contributed by atoms with van der Waals surface area (Å²) in [6.07, 6.45) is 0.964. The average Bonchev–Trinajstić information content (AvgIpc) is 3.22. The van der Waals surface area contributed by atoms with Crippen molar-refractivity contribution in [3.63, 3.8) is 0 Å². The van der Waals surface area contributed by atoms with Gasteiger partial charge in [-0.2, -0.15) is 13.9 Å². The molecule has 1 N–H and O–H groups in total. The zero-order valence-corrected chi connectivity index (χ0v) is 13.6. The van der Waals surface area contributed by atoms with E-state index in [2.05, 4.69) is 10.1 Å². The molecule has 3 heterocycles. The largest absolute Gasteiger partial charge is 0.378 e. The monoisotopic (exact) mass is 354 g/mol. The molecule has 2 unspecified atom stereocenters. The summed E-state index contributed by atoms with van der Waals surface area (Å²) in [5.41, 5.74) is 2.59. The number of rotatable bonds is 4. The number of fused-ring (bicyclic) bond motifs is 1. The Labute approximate surface area is 142 Å². The molecule has 1 aliphatic carbocycles. The summed E-state index contributed by atoms with van der Waals surface area (Å²) in [4.78, 5) is 6.45. The van der Waals surface area contributed by atoms with Crippen LogP contribution in [-0.4, -0.2) is 37.4 Å². The fourth-order valence-electron chi connectivity index (χ4n) is 3.38. The Morgan fingerprint density at radius 2 is 2.17 bits per heavy atom. The lowest BCUT2D eigenvalue weighted by Gasteiger charge is -2.20. The fourth-order valence-corrected chi connectivity index (χ4v) is 3.52. The van der Waals surface area contributed by atoms with E-state index in [0.29, 0.717) is 30.6 Å². The minimum absolute atomic E-state index is 0.307. The van der Waals surface area contributed by atoms with Crippen molar-refractivity contribution in [1.82, 2.24) is 19.5 Å². The molecule has 2 aliphatic rings. The Morgan fingerprint density at radius 3 is 2.88 bits per heavy atom. The van der Waals surface area contributed by atoms with Gasteiger partial charge in [0.05, 0.1) is 11.4 Å². The SMILES string of the molecule is OC1CC(C=C(F)F)CN1Cc1c(C2CC2)nc2ccc(Cl)nn12. The minimum atomic E-state index is -1.70. The van der Waals surface area contributed by atoms with Crippen LogP contribution in [-0.2, 0) is 6.54 Å². The maximum absolute atomic E-state index is 12.5. The third kappa shape index (κ3) is 3.03. The predicted octanol–water partition coefficient (Wildman–Crippen LogP) is 3.18. The summed E-state index contributed by atoms with van der Waals surface area (Å²) in [5, 5.41) is 14.9. The molecule has 2 aromatic rings. The van der Waals surface area contributed by atoms with E-state index >= 15 is 0 Å². The van der Waals surface area contributed by atoms with Crippen LogP contribution in [0.2, 0.25) is 5.15 Å². The Morgan fingerprint density at radius 1 is 1.38 bits per heavy atom.